The molecule has 0 bridgehead atoms. The summed E-state index contributed by atoms with van der Waals surface area (Å²) in [4.78, 5) is 34.2. The minimum Gasteiger partial charge on any atom is -0.455 e. The lowest BCUT2D eigenvalue weighted by molar-refractivity contribution is -0.185. The van der Waals surface area contributed by atoms with E-state index in [2.05, 4.69) is 0 Å². The number of hydrogen-bond acceptors (Lipinski definition) is 8. The van der Waals surface area contributed by atoms with Gasteiger partial charge in [-0.1, -0.05) is 13.8 Å². The molecule has 8 heteroatoms. The summed E-state index contributed by atoms with van der Waals surface area (Å²) in [5, 5.41) is 28.2. The molecule has 0 amide bonds. The predicted octanol–water partition coefficient (Wildman–Crippen LogP) is -0.677. The first-order valence-electron chi connectivity index (χ1n) is 7.22. The fourth-order valence-corrected chi connectivity index (χ4v) is 1.66. The lowest BCUT2D eigenvalue weighted by Crippen LogP contribution is -2.50. The third kappa shape index (κ3) is 6.97. The highest BCUT2D eigenvalue weighted by Gasteiger charge is 2.38. The number of aliphatic hydroxyl groups excluding tert-OH is 3. The second-order valence-corrected chi connectivity index (χ2v) is 4.79. The van der Waals surface area contributed by atoms with Crippen molar-refractivity contribution >= 4 is 18.2 Å². The molecule has 0 radical (unpaired) electrons. The summed E-state index contributed by atoms with van der Waals surface area (Å²) in [6.45, 7) is 2.66. The van der Waals surface area contributed by atoms with Crippen LogP contribution in [0.3, 0.4) is 0 Å². The van der Waals surface area contributed by atoms with Crippen molar-refractivity contribution in [2.45, 2.75) is 63.9 Å². The van der Waals surface area contributed by atoms with Gasteiger partial charge in [-0.2, -0.15) is 0 Å². The number of aliphatic hydroxyl groups is 3. The van der Waals surface area contributed by atoms with Crippen LogP contribution in [-0.4, -0.2) is 64.6 Å². The molecule has 0 fully saturated rings. The Labute approximate surface area is 129 Å². The van der Waals surface area contributed by atoms with E-state index in [1.165, 1.54) is 0 Å². The quantitative estimate of drug-likeness (QED) is 0.337. The topological polar surface area (TPSA) is 130 Å². The van der Waals surface area contributed by atoms with Crippen LogP contribution in [0.4, 0.5) is 0 Å². The fourth-order valence-electron chi connectivity index (χ4n) is 1.66. The lowest BCUT2D eigenvalue weighted by Gasteiger charge is -2.29. The summed E-state index contributed by atoms with van der Waals surface area (Å²) in [5.74, 6) is -1.41. The van der Waals surface area contributed by atoms with Crippen LogP contribution in [0.25, 0.3) is 0 Å². The molecule has 0 aromatic carbocycles. The van der Waals surface area contributed by atoms with E-state index in [9.17, 15) is 24.6 Å². The first-order valence-corrected chi connectivity index (χ1v) is 7.22. The molecule has 0 aliphatic heterocycles. The molecular weight excluding hydrogens is 296 g/mol. The van der Waals surface area contributed by atoms with Gasteiger partial charge in [-0.05, 0) is 12.8 Å². The number of rotatable bonds is 11. The van der Waals surface area contributed by atoms with Gasteiger partial charge in [0.05, 0.1) is 6.61 Å². The fraction of sp³-hybridized carbons (Fsp3) is 0.786. The van der Waals surface area contributed by atoms with Crippen LogP contribution in [0.15, 0.2) is 0 Å². The Balaban J connectivity index is 5.10. The van der Waals surface area contributed by atoms with Gasteiger partial charge in [0.1, 0.15) is 12.2 Å². The van der Waals surface area contributed by atoms with Crippen molar-refractivity contribution in [2.24, 2.45) is 0 Å². The third-order valence-electron chi connectivity index (χ3n) is 2.82. The van der Waals surface area contributed by atoms with E-state index in [4.69, 9.17) is 14.6 Å². The van der Waals surface area contributed by atoms with Gasteiger partial charge in [0.25, 0.3) is 0 Å². The Kier molecular flexibility index (Phi) is 10.3. The Bertz CT molecular complexity index is 357. The minimum atomic E-state index is -1.77. The highest BCUT2D eigenvalue weighted by atomic mass is 16.6. The Morgan fingerprint density at radius 1 is 1.05 bits per heavy atom. The number of esters is 2. The molecule has 0 aliphatic rings. The number of carbonyl (C=O) groups is 3. The minimum absolute atomic E-state index is 0.0346. The standard InChI is InChI=1S/C14H24O8/c1-3-5-11(18)21-10(8-16)14(13(20)9(17)7-15)22-12(19)6-4-2/h8-10,13-15,17,20H,3-7H2,1-2H3/t9-,10+,13-,14-/m1/s1. The van der Waals surface area contributed by atoms with Crippen LogP contribution in [-0.2, 0) is 23.9 Å². The Hall–Kier alpha value is -1.51. The first kappa shape index (κ1) is 20.5. The van der Waals surface area contributed by atoms with Crippen molar-refractivity contribution in [3.05, 3.63) is 0 Å². The number of aldehydes is 1. The molecule has 128 valence electrons. The second kappa shape index (κ2) is 11.1. The summed E-state index contributed by atoms with van der Waals surface area (Å²) in [6, 6.07) is 0. The molecule has 4 atom stereocenters. The average molecular weight is 320 g/mol. The maximum absolute atomic E-state index is 11.6. The smallest absolute Gasteiger partial charge is 0.306 e. The van der Waals surface area contributed by atoms with E-state index in [0.29, 0.717) is 12.8 Å². The van der Waals surface area contributed by atoms with E-state index >= 15 is 0 Å². The van der Waals surface area contributed by atoms with E-state index in [0.717, 1.165) is 0 Å². The van der Waals surface area contributed by atoms with Crippen molar-refractivity contribution in [1.29, 1.82) is 0 Å². The summed E-state index contributed by atoms with van der Waals surface area (Å²) in [7, 11) is 0. The molecule has 8 nitrogen and oxygen atoms in total. The SMILES string of the molecule is CCCC(=O)O[C@@H]([C@H](O)[C@H](O)CO)[C@H](C=O)OC(=O)CCC. The summed E-state index contributed by atoms with van der Waals surface area (Å²) < 4.78 is 9.80. The van der Waals surface area contributed by atoms with Gasteiger partial charge >= 0.3 is 11.9 Å². The summed E-state index contributed by atoms with van der Waals surface area (Å²) >= 11 is 0. The summed E-state index contributed by atoms with van der Waals surface area (Å²) in [5.41, 5.74) is 0. The van der Waals surface area contributed by atoms with Crippen LogP contribution in [0.2, 0.25) is 0 Å². The van der Waals surface area contributed by atoms with E-state index < -0.39 is 43.0 Å². The molecule has 0 spiro atoms. The van der Waals surface area contributed by atoms with Gasteiger partial charge in [-0.25, -0.2) is 0 Å². The Morgan fingerprint density at radius 2 is 1.55 bits per heavy atom. The molecule has 22 heavy (non-hydrogen) atoms. The maximum Gasteiger partial charge on any atom is 0.306 e. The summed E-state index contributed by atoms with van der Waals surface area (Å²) in [6.07, 6.45) is -5.29. The first-order chi connectivity index (χ1) is 10.4. The van der Waals surface area contributed by atoms with Crippen LogP contribution in [0, 0.1) is 0 Å². The van der Waals surface area contributed by atoms with Crippen molar-refractivity contribution in [3.8, 4) is 0 Å². The van der Waals surface area contributed by atoms with E-state index in [1.54, 1.807) is 13.8 Å². The highest BCUT2D eigenvalue weighted by Crippen LogP contribution is 2.14. The molecule has 0 aromatic rings. The second-order valence-electron chi connectivity index (χ2n) is 4.79. The maximum atomic E-state index is 11.6. The van der Waals surface area contributed by atoms with Gasteiger partial charge in [0.15, 0.2) is 18.5 Å². The predicted molar refractivity (Wildman–Crippen MR) is 74.7 cm³/mol. The zero-order chi connectivity index (χ0) is 17.1. The average Bonchev–Trinajstić information content (AvgIpc) is 2.49. The molecule has 0 saturated heterocycles. The van der Waals surface area contributed by atoms with Gasteiger partial charge in [0.2, 0.25) is 0 Å². The zero-order valence-corrected chi connectivity index (χ0v) is 12.8. The molecule has 0 aromatic heterocycles. The third-order valence-corrected chi connectivity index (χ3v) is 2.82. The van der Waals surface area contributed by atoms with Crippen molar-refractivity contribution in [1.82, 2.24) is 0 Å². The van der Waals surface area contributed by atoms with Gasteiger partial charge in [-0.15, -0.1) is 0 Å². The normalized spacial score (nSPS) is 16.2. The number of ether oxygens (including phenoxy) is 2. The molecular formula is C14H24O8. The number of carbonyl (C=O) groups excluding carboxylic acids is 3. The van der Waals surface area contributed by atoms with Crippen molar-refractivity contribution in [3.63, 3.8) is 0 Å². The van der Waals surface area contributed by atoms with Crippen LogP contribution < -0.4 is 0 Å². The number of hydrogen-bond donors (Lipinski definition) is 3. The molecule has 0 aliphatic carbocycles. The molecule has 0 rings (SSSR count). The zero-order valence-electron chi connectivity index (χ0n) is 12.8. The van der Waals surface area contributed by atoms with Gasteiger partial charge in [0, 0.05) is 12.8 Å². The van der Waals surface area contributed by atoms with E-state index in [-0.39, 0.29) is 19.1 Å². The molecule has 0 unspecified atom stereocenters. The van der Waals surface area contributed by atoms with Crippen molar-refractivity contribution < 1.29 is 39.2 Å². The molecule has 0 heterocycles. The molecule has 0 saturated carbocycles. The lowest BCUT2D eigenvalue weighted by atomic mass is 10.0. The Morgan fingerprint density at radius 3 is 1.95 bits per heavy atom. The van der Waals surface area contributed by atoms with Crippen LogP contribution in [0.5, 0.6) is 0 Å². The van der Waals surface area contributed by atoms with E-state index in [1.807, 2.05) is 0 Å². The monoisotopic (exact) mass is 320 g/mol. The highest BCUT2D eigenvalue weighted by molar-refractivity contribution is 5.74. The van der Waals surface area contributed by atoms with Crippen molar-refractivity contribution in [2.75, 3.05) is 6.61 Å². The van der Waals surface area contributed by atoms with Gasteiger partial charge in [-0.3, -0.25) is 14.4 Å². The van der Waals surface area contributed by atoms with Gasteiger partial charge < -0.3 is 24.8 Å². The molecule has 3 N–H and O–H groups in total. The van der Waals surface area contributed by atoms with Crippen LogP contribution >= 0.6 is 0 Å². The van der Waals surface area contributed by atoms with Crippen LogP contribution in [0.1, 0.15) is 39.5 Å². The largest absolute Gasteiger partial charge is 0.455 e.